The zero-order valence-electron chi connectivity index (χ0n) is 11.3. The Bertz CT molecular complexity index is 540. The molecule has 0 aromatic carbocycles. The average molecular weight is 295 g/mol. The Morgan fingerprint density at radius 2 is 2.25 bits per heavy atom. The van der Waals surface area contributed by atoms with Gasteiger partial charge in [-0.25, -0.2) is 9.19 Å². The number of carbonyl (C=O) groups excluding carboxylic acids is 1. The summed E-state index contributed by atoms with van der Waals surface area (Å²) in [5, 5.41) is 7.67. The van der Waals surface area contributed by atoms with E-state index in [0.29, 0.717) is 12.0 Å². The molecule has 1 rings (SSSR count). The van der Waals surface area contributed by atoms with E-state index in [-0.39, 0.29) is 11.6 Å². The fourth-order valence-electron chi connectivity index (χ4n) is 2.12. The molecule has 0 spiro atoms. The molecule has 0 aliphatic carbocycles. The largest absolute Gasteiger partial charge is 0.369 e. The van der Waals surface area contributed by atoms with E-state index in [1.54, 1.807) is 6.07 Å². The first-order valence-electron chi connectivity index (χ1n) is 6.11. The molecule has 0 saturated carbocycles. The van der Waals surface area contributed by atoms with E-state index in [1.807, 2.05) is 19.9 Å². The van der Waals surface area contributed by atoms with Gasteiger partial charge in [-0.2, -0.15) is 5.26 Å². The third-order valence-electron chi connectivity index (χ3n) is 2.92. The molecule has 0 radical (unpaired) electrons. The third-order valence-corrected chi connectivity index (χ3v) is 3.91. The number of pyridine rings is 1. The fourth-order valence-corrected chi connectivity index (χ4v) is 2.87. The number of hydrogen-bond donors (Lipinski definition) is 2. The molecule has 3 atom stereocenters. The van der Waals surface area contributed by atoms with Gasteiger partial charge in [-0.15, -0.1) is 0 Å². The summed E-state index contributed by atoms with van der Waals surface area (Å²) in [6, 6.07) is 5.07. The summed E-state index contributed by atoms with van der Waals surface area (Å²) in [7, 11) is 0. The van der Waals surface area contributed by atoms with E-state index in [0.717, 1.165) is 0 Å². The molecule has 3 unspecified atom stereocenters. The van der Waals surface area contributed by atoms with Crippen LogP contribution in [-0.2, 0) is 15.9 Å². The van der Waals surface area contributed by atoms with E-state index in [4.69, 9.17) is 11.0 Å². The van der Waals surface area contributed by atoms with Crippen molar-refractivity contribution in [1.29, 1.82) is 5.26 Å². The Balaban J connectivity index is 3.26. The van der Waals surface area contributed by atoms with E-state index < -0.39 is 28.2 Å². The van der Waals surface area contributed by atoms with Gasteiger partial charge in [0.15, 0.2) is 11.1 Å². The minimum absolute atomic E-state index is 0.197. The minimum atomic E-state index is -2.37. The maximum absolute atomic E-state index is 11.5. The van der Waals surface area contributed by atoms with Crippen molar-refractivity contribution < 1.29 is 13.6 Å². The second-order valence-corrected chi connectivity index (χ2v) is 5.98. The van der Waals surface area contributed by atoms with Crippen LogP contribution in [0.2, 0.25) is 0 Å². The molecule has 7 heteroatoms. The van der Waals surface area contributed by atoms with Crippen LogP contribution in [0.4, 0.5) is 0 Å². The first-order valence-corrected chi connectivity index (χ1v) is 7.28. The number of nitriles is 1. The molecule has 20 heavy (non-hydrogen) atoms. The lowest BCUT2D eigenvalue weighted by Crippen LogP contribution is -2.38. The standard InChI is InChI=1S/C13H17N3O3S/c1-8(2)5-11(12(13(15)17)20(18)19)9-3-4-16-10(6-9)7-14/h3-4,6,8,11-12H,5H2,1-2H3,(H2,15,17)(H,18,19). The van der Waals surface area contributed by atoms with Crippen LogP contribution in [-0.4, -0.2) is 24.9 Å². The summed E-state index contributed by atoms with van der Waals surface area (Å²) in [6.45, 7) is 3.88. The van der Waals surface area contributed by atoms with Gasteiger partial charge in [0.05, 0.1) is 0 Å². The molecular weight excluding hydrogens is 278 g/mol. The molecule has 0 fully saturated rings. The van der Waals surface area contributed by atoms with Gasteiger partial charge >= 0.3 is 0 Å². The number of rotatable bonds is 6. The van der Waals surface area contributed by atoms with Gasteiger partial charge in [0.25, 0.3) is 0 Å². The average Bonchev–Trinajstić information content (AvgIpc) is 2.36. The van der Waals surface area contributed by atoms with E-state index in [9.17, 15) is 13.6 Å². The summed E-state index contributed by atoms with van der Waals surface area (Å²) in [6.07, 6.45) is 1.95. The lowest BCUT2D eigenvalue weighted by atomic mass is 9.87. The van der Waals surface area contributed by atoms with E-state index >= 15 is 0 Å². The van der Waals surface area contributed by atoms with Crippen LogP contribution >= 0.6 is 0 Å². The van der Waals surface area contributed by atoms with Crippen molar-refractivity contribution in [1.82, 2.24) is 4.98 Å². The van der Waals surface area contributed by atoms with Crippen molar-refractivity contribution in [3.05, 3.63) is 29.6 Å². The number of primary amides is 1. The second kappa shape index (κ2) is 7.12. The van der Waals surface area contributed by atoms with Crippen molar-refractivity contribution in [2.45, 2.75) is 31.4 Å². The third kappa shape index (κ3) is 4.11. The minimum Gasteiger partial charge on any atom is -0.369 e. The van der Waals surface area contributed by atoms with Gasteiger partial charge < -0.3 is 10.3 Å². The zero-order valence-corrected chi connectivity index (χ0v) is 12.1. The van der Waals surface area contributed by atoms with Gasteiger partial charge in [0.1, 0.15) is 17.0 Å². The highest BCUT2D eigenvalue weighted by Crippen LogP contribution is 2.30. The Labute approximate surface area is 120 Å². The lowest BCUT2D eigenvalue weighted by Gasteiger charge is -2.24. The number of nitrogens with two attached hydrogens (primary N) is 1. The van der Waals surface area contributed by atoms with Crippen LogP contribution in [0, 0.1) is 17.2 Å². The highest BCUT2D eigenvalue weighted by molar-refractivity contribution is 7.80. The zero-order chi connectivity index (χ0) is 15.3. The van der Waals surface area contributed by atoms with E-state index in [2.05, 4.69) is 4.98 Å². The number of aromatic nitrogens is 1. The van der Waals surface area contributed by atoms with Gasteiger partial charge in [-0.3, -0.25) is 4.79 Å². The topological polar surface area (TPSA) is 117 Å². The van der Waals surface area contributed by atoms with Crippen LogP contribution in [0.15, 0.2) is 18.3 Å². The molecular formula is C13H17N3O3S. The lowest BCUT2D eigenvalue weighted by molar-refractivity contribution is -0.118. The van der Waals surface area contributed by atoms with Crippen molar-refractivity contribution >= 4 is 17.0 Å². The van der Waals surface area contributed by atoms with Crippen LogP contribution in [0.1, 0.15) is 37.4 Å². The maximum Gasteiger partial charge on any atom is 0.236 e. The maximum atomic E-state index is 11.5. The predicted molar refractivity (Wildman–Crippen MR) is 74.9 cm³/mol. The summed E-state index contributed by atoms with van der Waals surface area (Å²) >= 11 is -2.37. The van der Waals surface area contributed by atoms with Gasteiger partial charge in [0, 0.05) is 12.1 Å². The predicted octanol–water partition coefficient (Wildman–Crippen LogP) is 1.16. The molecule has 0 aliphatic heterocycles. The van der Waals surface area contributed by atoms with Gasteiger partial charge in [0.2, 0.25) is 5.91 Å². The van der Waals surface area contributed by atoms with Crippen molar-refractivity contribution in [3.8, 4) is 6.07 Å². The van der Waals surface area contributed by atoms with Crippen molar-refractivity contribution in [2.24, 2.45) is 11.7 Å². The quantitative estimate of drug-likeness (QED) is 0.764. The van der Waals surface area contributed by atoms with Crippen molar-refractivity contribution in [3.63, 3.8) is 0 Å². The molecule has 1 amide bonds. The summed E-state index contributed by atoms with van der Waals surface area (Å²) < 4.78 is 20.8. The number of carbonyl (C=O) groups is 1. The van der Waals surface area contributed by atoms with Gasteiger partial charge in [-0.1, -0.05) is 13.8 Å². The Morgan fingerprint density at radius 1 is 1.60 bits per heavy atom. The smallest absolute Gasteiger partial charge is 0.236 e. The highest BCUT2D eigenvalue weighted by Gasteiger charge is 2.33. The van der Waals surface area contributed by atoms with Crippen LogP contribution in [0.3, 0.4) is 0 Å². The van der Waals surface area contributed by atoms with Crippen molar-refractivity contribution in [2.75, 3.05) is 0 Å². The summed E-state index contributed by atoms with van der Waals surface area (Å²) in [5.74, 6) is -1.15. The Morgan fingerprint density at radius 3 is 2.70 bits per heavy atom. The molecule has 6 nitrogen and oxygen atoms in total. The number of nitrogens with zero attached hydrogens (tertiary/aromatic N) is 2. The van der Waals surface area contributed by atoms with E-state index in [1.165, 1.54) is 12.3 Å². The summed E-state index contributed by atoms with van der Waals surface area (Å²) in [4.78, 5) is 15.3. The van der Waals surface area contributed by atoms with Crippen LogP contribution < -0.4 is 5.73 Å². The fraction of sp³-hybridized carbons (Fsp3) is 0.462. The molecule has 0 bridgehead atoms. The summed E-state index contributed by atoms with van der Waals surface area (Å²) in [5.41, 5.74) is 6.07. The van der Waals surface area contributed by atoms with Crippen LogP contribution in [0.25, 0.3) is 0 Å². The first-order chi connectivity index (χ1) is 9.36. The Hall–Kier alpha value is -1.78. The molecule has 0 saturated heterocycles. The molecule has 0 aliphatic rings. The number of amides is 1. The highest BCUT2D eigenvalue weighted by atomic mass is 32.2. The molecule has 3 N–H and O–H groups in total. The van der Waals surface area contributed by atoms with Crippen LogP contribution in [0.5, 0.6) is 0 Å². The first kappa shape index (κ1) is 16.3. The number of hydrogen-bond acceptors (Lipinski definition) is 4. The second-order valence-electron chi connectivity index (χ2n) is 4.92. The molecule has 1 aromatic heterocycles. The molecule has 108 valence electrons. The Kier molecular flexibility index (Phi) is 5.80. The normalized spacial score (nSPS) is 15.3. The van der Waals surface area contributed by atoms with Gasteiger partial charge in [-0.05, 0) is 30.0 Å². The SMILES string of the molecule is CC(C)CC(c1ccnc(C#N)c1)C(C(N)=O)S(=O)O. The molecule has 1 heterocycles. The monoisotopic (exact) mass is 295 g/mol. The molecule has 1 aromatic rings.